The number of carbonyl (C=O) groups excluding carboxylic acids is 1. The second kappa shape index (κ2) is 6.49. The molecule has 1 saturated heterocycles. The number of ether oxygens (including phenoxy) is 2. The number of carbonyl (C=O) groups is 1. The van der Waals surface area contributed by atoms with Crippen molar-refractivity contribution in [2.75, 3.05) is 14.2 Å². The number of aryl methyl sites for hydroxylation is 2. The van der Waals surface area contributed by atoms with Gasteiger partial charge >= 0.3 is 0 Å². The fourth-order valence-electron chi connectivity index (χ4n) is 4.29. The molecular weight excluding hydrogens is 390 g/mol. The molecule has 1 amide bonds. The normalized spacial score (nSPS) is 26.0. The molecule has 7 heteroatoms. The molecule has 3 atom stereocenters. The van der Waals surface area contributed by atoms with Crippen molar-refractivity contribution >= 4 is 15.7 Å². The molecule has 29 heavy (non-hydrogen) atoms. The van der Waals surface area contributed by atoms with E-state index in [0.717, 1.165) is 11.1 Å². The van der Waals surface area contributed by atoms with Crippen LogP contribution in [-0.4, -0.2) is 44.4 Å². The number of methoxy groups -OCH3 is 1. The summed E-state index contributed by atoms with van der Waals surface area (Å²) < 4.78 is 38.8. The number of likely N-dealkylation sites (tertiary alicyclic amines) is 1. The van der Waals surface area contributed by atoms with Crippen LogP contribution >= 0.6 is 0 Å². The van der Waals surface area contributed by atoms with E-state index in [1.807, 2.05) is 20.8 Å². The summed E-state index contributed by atoms with van der Waals surface area (Å²) in [6.07, 6.45) is 0.393. The first-order chi connectivity index (χ1) is 13.6. The van der Waals surface area contributed by atoms with Gasteiger partial charge in [0.05, 0.1) is 12.0 Å². The second-order valence-corrected chi connectivity index (χ2v) is 10.2. The zero-order valence-corrected chi connectivity index (χ0v) is 18.0. The lowest BCUT2D eigenvalue weighted by Crippen LogP contribution is -2.64. The Bertz CT molecular complexity index is 1110. The number of fused-ring (bicyclic) bond motifs is 4. The SMILES string of the molecule is COc1ccc2c(c1)C1CC(C)(O2)N(C)C(=O)C1S(=O)(=O)c1ccc(C)c(C)c1. The lowest BCUT2D eigenvalue weighted by molar-refractivity contribution is -0.159. The molecule has 2 aliphatic heterocycles. The molecule has 0 N–H and O–H groups in total. The van der Waals surface area contributed by atoms with E-state index in [1.54, 1.807) is 50.6 Å². The van der Waals surface area contributed by atoms with E-state index in [1.165, 1.54) is 4.90 Å². The Morgan fingerprint density at radius 3 is 2.52 bits per heavy atom. The summed E-state index contributed by atoms with van der Waals surface area (Å²) in [5, 5.41) is -1.21. The lowest BCUT2D eigenvalue weighted by Gasteiger charge is -2.51. The van der Waals surface area contributed by atoms with Gasteiger partial charge in [-0.3, -0.25) is 4.79 Å². The van der Waals surface area contributed by atoms with E-state index < -0.39 is 32.6 Å². The molecule has 0 aliphatic carbocycles. The quantitative estimate of drug-likeness (QED) is 0.770. The Labute approximate surface area is 171 Å². The van der Waals surface area contributed by atoms with E-state index in [2.05, 4.69) is 0 Å². The van der Waals surface area contributed by atoms with Crippen LogP contribution in [0.5, 0.6) is 11.5 Å². The number of sulfone groups is 1. The van der Waals surface area contributed by atoms with Gasteiger partial charge in [0.15, 0.2) is 20.8 Å². The number of rotatable bonds is 3. The Balaban J connectivity index is 1.90. The van der Waals surface area contributed by atoms with E-state index in [-0.39, 0.29) is 4.90 Å². The molecule has 2 aromatic carbocycles. The van der Waals surface area contributed by atoms with Gasteiger partial charge in [-0.15, -0.1) is 0 Å². The van der Waals surface area contributed by atoms with Gasteiger partial charge in [0.1, 0.15) is 11.5 Å². The number of hydrogen-bond donors (Lipinski definition) is 0. The first kappa shape index (κ1) is 19.8. The number of amides is 1. The van der Waals surface area contributed by atoms with Crippen molar-refractivity contribution < 1.29 is 22.7 Å². The molecule has 0 saturated carbocycles. The summed E-state index contributed by atoms with van der Waals surface area (Å²) in [6, 6.07) is 10.4. The molecule has 1 fully saturated rings. The van der Waals surface area contributed by atoms with Crippen molar-refractivity contribution in [3.63, 3.8) is 0 Å². The summed E-state index contributed by atoms with van der Waals surface area (Å²) in [5.74, 6) is 0.221. The van der Waals surface area contributed by atoms with Gasteiger partial charge in [0, 0.05) is 24.9 Å². The van der Waals surface area contributed by atoms with Crippen LogP contribution in [0.15, 0.2) is 41.3 Å². The minimum absolute atomic E-state index is 0.173. The molecule has 0 spiro atoms. The Hall–Kier alpha value is -2.54. The summed E-state index contributed by atoms with van der Waals surface area (Å²) in [6.45, 7) is 5.62. The van der Waals surface area contributed by atoms with Crippen molar-refractivity contribution in [2.45, 2.75) is 49.0 Å². The fraction of sp³-hybridized carbons (Fsp3) is 0.409. The molecule has 2 heterocycles. The number of nitrogens with zero attached hydrogens (tertiary/aromatic N) is 1. The topological polar surface area (TPSA) is 72.9 Å². The second-order valence-electron chi connectivity index (χ2n) is 8.10. The Morgan fingerprint density at radius 1 is 1.14 bits per heavy atom. The highest BCUT2D eigenvalue weighted by Gasteiger charge is 2.57. The fourth-order valence-corrected chi connectivity index (χ4v) is 6.28. The molecule has 2 bridgehead atoms. The summed E-state index contributed by atoms with van der Waals surface area (Å²) in [7, 11) is -0.750. The van der Waals surface area contributed by atoms with Crippen LogP contribution in [0.3, 0.4) is 0 Å². The first-order valence-electron chi connectivity index (χ1n) is 9.54. The first-order valence-corrected chi connectivity index (χ1v) is 11.1. The van der Waals surface area contributed by atoms with Gasteiger partial charge in [-0.05, 0) is 62.2 Å². The zero-order valence-electron chi connectivity index (χ0n) is 17.2. The third kappa shape index (κ3) is 2.90. The van der Waals surface area contributed by atoms with E-state index in [0.29, 0.717) is 23.5 Å². The summed E-state index contributed by atoms with van der Waals surface area (Å²) in [4.78, 5) is 14.9. The lowest BCUT2D eigenvalue weighted by atomic mass is 9.80. The van der Waals surface area contributed by atoms with Crippen LogP contribution in [0.25, 0.3) is 0 Å². The number of piperidine rings is 1. The molecule has 2 aliphatic rings. The van der Waals surface area contributed by atoms with Crippen LogP contribution < -0.4 is 9.47 Å². The van der Waals surface area contributed by atoms with Crippen LogP contribution in [0.1, 0.15) is 36.0 Å². The maximum Gasteiger partial charge on any atom is 0.244 e. The largest absolute Gasteiger partial charge is 0.497 e. The van der Waals surface area contributed by atoms with Crippen molar-refractivity contribution in [1.82, 2.24) is 4.90 Å². The smallest absolute Gasteiger partial charge is 0.244 e. The standard InChI is InChI=1S/C22H25NO5S/c1-13-6-8-16(10-14(13)2)29(25,26)20-18-12-22(3,23(4)21(20)24)28-19-9-7-15(27-5)11-17(18)19/h6-11,18,20H,12H2,1-5H3. The molecule has 2 aromatic rings. The number of hydrogen-bond acceptors (Lipinski definition) is 5. The minimum atomic E-state index is -3.91. The average molecular weight is 416 g/mol. The Morgan fingerprint density at radius 2 is 1.86 bits per heavy atom. The monoisotopic (exact) mass is 415 g/mol. The molecule has 154 valence electrons. The van der Waals surface area contributed by atoms with Gasteiger partial charge in [-0.1, -0.05) is 6.07 Å². The third-order valence-electron chi connectivity index (χ3n) is 6.34. The van der Waals surface area contributed by atoms with E-state index >= 15 is 0 Å². The molecule has 6 nitrogen and oxygen atoms in total. The van der Waals surface area contributed by atoms with Crippen molar-refractivity contribution in [2.24, 2.45) is 0 Å². The van der Waals surface area contributed by atoms with Gasteiger partial charge in [-0.2, -0.15) is 0 Å². The van der Waals surface area contributed by atoms with Crippen molar-refractivity contribution in [3.05, 3.63) is 53.1 Å². The van der Waals surface area contributed by atoms with Gasteiger partial charge in [-0.25, -0.2) is 8.42 Å². The van der Waals surface area contributed by atoms with Crippen LogP contribution in [0.2, 0.25) is 0 Å². The van der Waals surface area contributed by atoms with Gasteiger partial charge in [0.2, 0.25) is 5.91 Å². The third-order valence-corrected chi connectivity index (χ3v) is 8.44. The predicted molar refractivity (Wildman–Crippen MR) is 109 cm³/mol. The average Bonchev–Trinajstić information content (AvgIpc) is 2.68. The van der Waals surface area contributed by atoms with Crippen LogP contribution in [0.4, 0.5) is 0 Å². The highest BCUT2D eigenvalue weighted by atomic mass is 32.2. The van der Waals surface area contributed by atoms with Crippen molar-refractivity contribution in [1.29, 1.82) is 0 Å². The Kier molecular flexibility index (Phi) is 4.42. The van der Waals surface area contributed by atoms with Crippen molar-refractivity contribution in [3.8, 4) is 11.5 Å². The predicted octanol–water partition coefficient (Wildman–Crippen LogP) is 3.21. The van der Waals surface area contributed by atoms with Gasteiger partial charge < -0.3 is 14.4 Å². The van der Waals surface area contributed by atoms with Crippen LogP contribution in [-0.2, 0) is 14.6 Å². The molecule has 0 radical (unpaired) electrons. The molecule has 4 rings (SSSR count). The van der Waals surface area contributed by atoms with Gasteiger partial charge in [0.25, 0.3) is 0 Å². The highest BCUT2D eigenvalue weighted by Crippen LogP contribution is 2.50. The molecule has 0 aromatic heterocycles. The summed E-state index contributed by atoms with van der Waals surface area (Å²) in [5.41, 5.74) is 1.69. The molecular formula is C22H25NO5S. The minimum Gasteiger partial charge on any atom is -0.497 e. The highest BCUT2D eigenvalue weighted by molar-refractivity contribution is 7.92. The maximum atomic E-state index is 13.7. The van der Waals surface area contributed by atoms with E-state index in [9.17, 15) is 13.2 Å². The number of benzene rings is 2. The molecule has 3 unspecified atom stereocenters. The van der Waals surface area contributed by atoms with E-state index in [4.69, 9.17) is 9.47 Å². The maximum absolute atomic E-state index is 13.7. The summed E-state index contributed by atoms with van der Waals surface area (Å²) >= 11 is 0. The van der Waals surface area contributed by atoms with Crippen LogP contribution in [0, 0.1) is 13.8 Å². The zero-order chi connectivity index (χ0) is 21.1.